The molecule has 3 nitrogen and oxygen atoms in total. The van der Waals surface area contributed by atoms with Crippen LogP contribution in [0.15, 0.2) is 24.3 Å². The van der Waals surface area contributed by atoms with Gasteiger partial charge in [-0.15, -0.1) is 0 Å². The molecule has 0 bridgehead atoms. The van der Waals surface area contributed by atoms with E-state index in [1.54, 1.807) is 6.07 Å². The Kier molecular flexibility index (Phi) is 3.50. The molecule has 3 heteroatoms. The van der Waals surface area contributed by atoms with E-state index in [1.165, 1.54) is 37.9 Å². The summed E-state index contributed by atoms with van der Waals surface area (Å²) in [4.78, 5) is 5.01. The first kappa shape index (κ1) is 12.9. The largest absolute Gasteiger partial charge is 0.508 e. The lowest BCUT2D eigenvalue weighted by Gasteiger charge is -2.49. The number of phenols is 1. The van der Waals surface area contributed by atoms with Gasteiger partial charge in [0.05, 0.1) is 0 Å². The summed E-state index contributed by atoms with van der Waals surface area (Å²) in [6, 6.07) is 8.96. The van der Waals surface area contributed by atoms with Crippen molar-refractivity contribution in [3.8, 4) is 5.75 Å². The molecule has 0 radical (unpaired) electrons. The van der Waals surface area contributed by atoms with Crippen molar-refractivity contribution in [1.82, 2.24) is 9.80 Å². The number of piperidine rings is 2. The fraction of sp³-hybridized carbons (Fsp3) is 0.625. The van der Waals surface area contributed by atoms with Gasteiger partial charge in [-0.1, -0.05) is 12.1 Å². The molecule has 0 saturated carbocycles. The van der Waals surface area contributed by atoms with E-state index in [2.05, 4.69) is 30.0 Å². The minimum Gasteiger partial charge on any atom is -0.508 e. The van der Waals surface area contributed by atoms with E-state index in [-0.39, 0.29) is 0 Å². The normalized spacial score (nSPS) is 33.1. The minimum absolute atomic E-state index is 0.386. The zero-order valence-corrected chi connectivity index (χ0v) is 11.9. The van der Waals surface area contributed by atoms with Crippen LogP contribution >= 0.6 is 0 Å². The first-order valence-electron chi connectivity index (χ1n) is 7.34. The maximum Gasteiger partial charge on any atom is 0.115 e. The highest BCUT2D eigenvalue weighted by Crippen LogP contribution is 2.39. The minimum atomic E-state index is 0.386. The molecule has 1 N–H and O–H groups in total. The van der Waals surface area contributed by atoms with E-state index in [0.29, 0.717) is 17.8 Å². The molecule has 2 aliphatic heterocycles. The van der Waals surface area contributed by atoms with E-state index >= 15 is 0 Å². The monoisotopic (exact) mass is 260 g/mol. The average Bonchev–Trinajstić information content (AvgIpc) is 2.39. The Bertz CT molecular complexity index is 448. The second-order valence-electron chi connectivity index (χ2n) is 6.23. The quantitative estimate of drug-likeness (QED) is 0.840. The molecule has 3 rings (SSSR count). The van der Waals surface area contributed by atoms with Crippen molar-refractivity contribution < 1.29 is 5.11 Å². The summed E-state index contributed by atoms with van der Waals surface area (Å²) < 4.78 is 0. The summed E-state index contributed by atoms with van der Waals surface area (Å²) in [5.41, 5.74) is 1.26. The molecular formula is C16H24N2O. The molecule has 2 fully saturated rings. The lowest BCUT2D eigenvalue weighted by molar-refractivity contribution is 0.0119. The van der Waals surface area contributed by atoms with Crippen LogP contribution in [-0.2, 0) is 0 Å². The third kappa shape index (κ3) is 2.49. The number of rotatable bonds is 1. The lowest BCUT2D eigenvalue weighted by Crippen LogP contribution is -2.52. The summed E-state index contributed by atoms with van der Waals surface area (Å²) in [5, 5.41) is 9.67. The highest BCUT2D eigenvalue weighted by molar-refractivity contribution is 5.30. The van der Waals surface area contributed by atoms with Crippen molar-refractivity contribution >= 4 is 0 Å². The summed E-state index contributed by atoms with van der Waals surface area (Å²) in [6.07, 6.45) is 3.78. The van der Waals surface area contributed by atoms with Gasteiger partial charge in [-0.25, -0.2) is 0 Å². The molecule has 0 aliphatic carbocycles. The summed E-state index contributed by atoms with van der Waals surface area (Å²) >= 11 is 0. The van der Waals surface area contributed by atoms with Gasteiger partial charge in [0, 0.05) is 18.6 Å². The predicted molar refractivity (Wildman–Crippen MR) is 77.2 cm³/mol. The topological polar surface area (TPSA) is 26.7 Å². The standard InChI is InChI=1S/C16H24N2O/c1-17-9-8-16-13(11-17)6-7-15(18(16)2)12-4-3-5-14(19)10-12/h3-5,10,13,15-16,19H,6-9,11H2,1-2H3/t13-,15-,16+/m0/s1. The Morgan fingerprint density at radius 1 is 1.16 bits per heavy atom. The molecule has 104 valence electrons. The van der Waals surface area contributed by atoms with E-state index in [4.69, 9.17) is 0 Å². The third-order valence-corrected chi connectivity index (χ3v) is 4.98. The van der Waals surface area contributed by atoms with Crippen LogP contribution in [0.1, 0.15) is 30.9 Å². The van der Waals surface area contributed by atoms with Crippen molar-refractivity contribution in [3.05, 3.63) is 29.8 Å². The van der Waals surface area contributed by atoms with Gasteiger partial charge in [0.2, 0.25) is 0 Å². The zero-order valence-electron chi connectivity index (χ0n) is 11.9. The Labute approximate surface area is 115 Å². The number of nitrogens with zero attached hydrogens (tertiary/aromatic N) is 2. The van der Waals surface area contributed by atoms with Crippen LogP contribution in [0.2, 0.25) is 0 Å². The molecule has 0 aromatic heterocycles. The van der Waals surface area contributed by atoms with E-state index in [1.807, 2.05) is 12.1 Å². The van der Waals surface area contributed by atoms with Gasteiger partial charge in [-0.05, 0) is 63.5 Å². The van der Waals surface area contributed by atoms with Crippen LogP contribution in [0.5, 0.6) is 5.75 Å². The molecule has 2 heterocycles. The maximum atomic E-state index is 9.67. The van der Waals surface area contributed by atoms with Gasteiger partial charge in [0.1, 0.15) is 5.75 Å². The van der Waals surface area contributed by atoms with E-state index in [9.17, 15) is 5.11 Å². The van der Waals surface area contributed by atoms with Crippen LogP contribution in [0.25, 0.3) is 0 Å². The number of phenolic OH excluding ortho intramolecular Hbond substituents is 1. The zero-order chi connectivity index (χ0) is 13.4. The van der Waals surface area contributed by atoms with Gasteiger partial charge in [-0.2, -0.15) is 0 Å². The van der Waals surface area contributed by atoms with Gasteiger partial charge < -0.3 is 10.0 Å². The Morgan fingerprint density at radius 2 is 2.00 bits per heavy atom. The van der Waals surface area contributed by atoms with E-state index < -0.39 is 0 Å². The first-order chi connectivity index (χ1) is 9.15. The maximum absolute atomic E-state index is 9.67. The van der Waals surface area contributed by atoms with Crippen LogP contribution in [0, 0.1) is 5.92 Å². The number of benzene rings is 1. The Balaban J connectivity index is 1.79. The number of hydrogen-bond donors (Lipinski definition) is 1. The van der Waals surface area contributed by atoms with Gasteiger partial charge in [0.15, 0.2) is 0 Å². The van der Waals surface area contributed by atoms with Gasteiger partial charge in [-0.3, -0.25) is 4.90 Å². The van der Waals surface area contributed by atoms with Crippen molar-refractivity contribution in [3.63, 3.8) is 0 Å². The molecule has 2 saturated heterocycles. The number of likely N-dealkylation sites (tertiary alicyclic amines) is 2. The molecule has 3 atom stereocenters. The molecule has 0 amide bonds. The van der Waals surface area contributed by atoms with Crippen molar-refractivity contribution in [1.29, 1.82) is 0 Å². The van der Waals surface area contributed by atoms with Crippen molar-refractivity contribution in [2.24, 2.45) is 5.92 Å². The highest BCUT2D eigenvalue weighted by Gasteiger charge is 2.38. The van der Waals surface area contributed by atoms with Crippen LogP contribution in [0.4, 0.5) is 0 Å². The Morgan fingerprint density at radius 3 is 2.79 bits per heavy atom. The second kappa shape index (κ2) is 5.14. The summed E-state index contributed by atoms with van der Waals surface area (Å²) in [7, 11) is 4.49. The second-order valence-corrected chi connectivity index (χ2v) is 6.23. The average molecular weight is 260 g/mol. The van der Waals surface area contributed by atoms with Crippen LogP contribution in [0.3, 0.4) is 0 Å². The predicted octanol–water partition coefficient (Wildman–Crippen LogP) is 2.48. The Hall–Kier alpha value is -1.06. The fourth-order valence-electron chi connectivity index (χ4n) is 3.96. The van der Waals surface area contributed by atoms with Gasteiger partial charge in [0.25, 0.3) is 0 Å². The number of aromatic hydroxyl groups is 1. The van der Waals surface area contributed by atoms with E-state index in [0.717, 1.165) is 5.92 Å². The number of hydrogen-bond acceptors (Lipinski definition) is 3. The SMILES string of the molecule is CN1CC[C@@H]2[C@@H](CC[C@@H](c3cccc(O)c3)N2C)C1. The molecule has 1 aromatic carbocycles. The lowest BCUT2D eigenvalue weighted by atomic mass is 9.80. The summed E-state index contributed by atoms with van der Waals surface area (Å²) in [6.45, 7) is 2.44. The number of fused-ring (bicyclic) bond motifs is 1. The molecule has 0 spiro atoms. The van der Waals surface area contributed by atoms with Crippen molar-refractivity contribution in [2.45, 2.75) is 31.3 Å². The smallest absolute Gasteiger partial charge is 0.115 e. The summed E-state index contributed by atoms with van der Waals surface area (Å²) in [5.74, 6) is 1.20. The fourth-order valence-corrected chi connectivity index (χ4v) is 3.96. The molecule has 0 unspecified atom stereocenters. The van der Waals surface area contributed by atoms with Gasteiger partial charge >= 0.3 is 0 Å². The van der Waals surface area contributed by atoms with Crippen molar-refractivity contribution in [2.75, 3.05) is 27.2 Å². The molecule has 1 aromatic rings. The molecule has 2 aliphatic rings. The highest BCUT2D eigenvalue weighted by atomic mass is 16.3. The van der Waals surface area contributed by atoms with Crippen LogP contribution in [-0.4, -0.2) is 48.1 Å². The molecule has 19 heavy (non-hydrogen) atoms. The third-order valence-electron chi connectivity index (χ3n) is 4.98. The van der Waals surface area contributed by atoms with Crippen LogP contribution < -0.4 is 0 Å². The molecular weight excluding hydrogens is 236 g/mol. The first-order valence-corrected chi connectivity index (χ1v) is 7.34.